The molecule has 0 bridgehead atoms. The first-order valence-corrected chi connectivity index (χ1v) is 9.98. The summed E-state index contributed by atoms with van der Waals surface area (Å²) >= 11 is 0. The summed E-state index contributed by atoms with van der Waals surface area (Å²) in [6, 6.07) is 3.85. The Labute approximate surface area is 144 Å². The van der Waals surface area contributed by atoms with E-state index < -0.39 is 10.0 Å². The zero-order valence-corrected chi connectivity index (χ0v) is 15.1. The molecule has 1 N–H and O–H groups in total. The van der Waals surface area contributed by atoms with E-state index in [4.69, 9.17) is 0 Å². The molecule has 2 heterocycles. The number of amides is 1. The second-order valence-electron chi connectivity index (χ2n) is 6.46. The molecule has 7 nitrogen and oxygen atoms in total. The highest BCUT2D eigenvalue weighted by Crippen LogP contribution is 2.17. The van der Waals surface area contributed by atoms with Crippen LogP contribution in [0.15, 0.2) is 24.5 Å². The van der Waals surface area contributed by atoms with Crippen LogP contribution in [0.3, 0.4) is 0 Å². The molecular weight excluding hydrogens is 328 g/mol. The second kappa shape index (κ2) is 8.55. The van der Waals surface area contributed by atoms with Crippen LogP contribution in [0, 0.1) is 5.92 Å². The number of rotatable bonds is 7. The lowest BCUT2D eigenvalue weighted by atomic mass is 10.00. The molecule has 1 aliphatic rings. The molecule has 1 atom stereocenters. The lowest BCUT2D eigenvalue weighted by Gasteiger charge is -2.31. The monoisotopic (exact) mass is 354 g/mol. The highest BCUT2D eigenvalue weighted by atomic mass is 32.2. The number of sulfonamides is 1. The van der Waals surface area contributed by atoms with E-state index in [2.05, 4.69) is 10.3 Å². The summed E-state index contributed by atoms with van der Waals surface area (Å²) in [5, 5.41) is 2.93. The summed E-state index contributed by atoms with van der Waals surface area (Å²) < 4.78 is 24.7. The van der Waals surface area contributed by atoms with Crippen LogP contribution in [0.4, 0.5) is 0 Å². The molecule has 1 saturated heterocycles. The first kappa shape index (κ1) is 18.8. The normalized spacial score (nSPS) is 19.4. The van der Waals surface area contributed by atoms with Crippen LogP contribution in [0.1, 0.15) is 18.4 Å². The molecule has 0 aliphatic carbocycles. The molecule has 8 heteroatoms. The van der Waals surface area contributed by atoms with E-state index >= 15 is 0 Å². The molecule has 24 heavy (non-hydrogen) atoms. The van der Waals surface area contributed by atoms with Crippen molar-refractivity contribution >= 4 is 15.9 Å². The van der Waals surface area contributed by atoms with Crippen molar-refractivity contribution in [3.63, 3.8) is 0 Å². The van der Waals surface area contributed by atoms with Gasteiger partial charge >= 0.3 is 0 Å². The predicted molar refractivity (Wildman–Crippen MR) is 92.7 cm³/mol. The molecule has 134 valence electrons. The fourth-order valence-electron chi connectivity index (χ4n) is 2.91. The van der Waals surface area contributed by atoms with Gasteiger partial charge in [0.2, 0.25) is 15.9 Å². The molecule has 0 radical (unpaired) electrons. The van der Waals surface area contributed by atoms with E-state index in [1.807, 2.05) is 24.1 Å². The van der Waals surface area contributed by atoms with Crippen molar-refractivity contribution in [1.82, 2.24) is 19.5 Å². The minimum atomic E-state index is -3.14. The first-order valence-electron chi connectivity index (χ1n) is 8.14. The average molecular weight is 354 g/mol. The summed E-state index contributed by atoms with van der Waals surface area (Å²) in [6.45, 7) is 2.59. The number of carbonyl (C=O) groups is 1. The maximum Gasteiger partial charge on any atom is 0.234 e. The molecule has 0 spiro atoms. The fourth-order valence-corrected chi connectivity index (χ4v) is 3.85. The standard InChI is InChI=1S/C16H26N4O3S/c1-19(11-14-5-7-17-8-6-14)13-16(21)18-10-15-4-3-9-20(12-15)24(2,22)23/h5-8,15H,3-4,9-13H2,1-2H3,(H,18,21). The van der Waals surface area contributed by atoms with Gasteiger partial charge in [0.05, 0.1) is 12.8 Å². The van der Waals surface area contributed by atoms with Crippen LogP contribution in [0.2, 0.25) is 0 Å². The number of nitrogens with one attached hydrogen (secondary N) is 1. The Bertz CT molecular complexity index is 636. The molecule has 1 aliphatic heterocycles. The Balaban J connectivity index is 1.72. The van der Waals surface area contributed by atoms with Crippen LogP contribution in [0.25, 0.3) is 0 Å². The predicted octanol–water partition coefficient (Wildman–Crippen LogP) is 0.301. The van der Waals surface area contributed by atoms with Gasteiger partial charge in [0.1, 0.15) is 0 Å². The highest BCUT2D eigenvalue weighted by molar-refractivity contribution is 7.88. The molecular formula is C16H26N4O3S. The number of piperidine rings is 1. The summed E-state index contributed by atoms with van der Waals surface area (Å²) in [4.78, 5) is 18.0. The van der Waals surface area contributed by atoms with Crippen molar-refractivity contribution in [1.29, 1.82) is 0 Å². The van der Waals surface area contributed by atoms with Crippen LogP contribution in [-0.2, 0) is 21.4 Å². The average Bonchev–Trinajstić information content (AvgIpc) is 2.53. The van der Waals surface area contributed by atoms with E-state index in [9.17, 15) is 13.2 Å². The van der Waals surface area contributed by atoms with Gasteiger partial charge in [0.15, 0.2) is 0 Å². The van der Waals surface area contributed by atoms with Gasteiger partial charge in [0.25, 0.3) is 0 Å². The molecule has 1 amide bonds. The Morgan fingerprint density at radius 1 is 1.42 bits per heavy atom. The van der Waals surface area contributed by atoms with E-state index in [-0.39, 0.29) is 11.8 Å². The maximum absolute atomic E-state index is 12.1. The Morgan fingerprint density at radius 3 is 2.79 bits per heavy atom. The highest BCUT2D eigenvalue weighted by Gasteiger charge is 2.26. The topological polar surface area (TPSA) is 82.6 Å². The van der Waals surface area contributed by atoms with Gasteiger partial charge in [-0.2, -0.15) is 0 Å². The van der Waals surface area contributed by atoms with Gasteiger partial charge in [0, 0.05) is 38.6 Å². The molecule has 0 aromatic carbocycles. The van der Waals surface area contributed by atoms with E-state index in [0.29, 0.717) is 32.7 Å². The largest absolute Gasteiger partial charge is 0.355 e. The van der Waals surface area contributed by atoms with Crippen LogP contribution >= 0.6 is 0 Å². The van der Waals surface area contributed by atoms with Crippen LogP contribution in [0.5, 0.6) is 0 Å². The van der Waals surface area contributed by atoms with Crippen LogP contribution in [-0.4, -0.2) is 68.0 Å². The summed E-state index contributed by atoms with van der Waals surface area (Å²) in [6.07, 6.45) is 6.50. The molecule has 1 fully saturated rings. The summed E-state index contributed by atoms with van der Waals surface area (Å²) in [5.74, 6) is 0.144. The number of likely N-dealkylation sites (N-methyl/N-ethyl adjacent to an activating group) is 1. The number of hydrogen-bond acceptors (Lipinski definition) is 5. The lowest BCUT2D eigenvalue weighted by Crippen LogP contribution is -2.44. The Hall–Kier alpha value is -1.51. The third-order valence-electron chi connectivity index (χ3n) is 4.15. The van der Waals surface area contributed by atoms with E-state index in [1.54, 1.807) is 12.4 Å². The zero-order chi connectivity index (χ0) is 17.6. The molecule has 0 saturated carbocycles. The van der Waals surface area contributed by atoms with Gasteiger partial charge in [-0.3, -0.25) is 14.7 Å². The van der Waals surface area contributed by atoms with Crippen molar-refractivity contribution in [2.45, 2.75) is 19.4 Å². The first-order chi connectivity index (χ1) is 11.3. The van der Waals surface area contributed by atoms with E-state index in [0.717, 1.165) is 18.4 Å². The van der Waals surface area contributed by atoms with Crippen LogP contribution < -0.4 is 5.32 Å². The third kappa shape index (κ3) is 6.18. The number of aromatic nitrogens is 1. The van der Waals surface area contributed by atoms with Gasteiger partial charge < -0.3 is 5.32 Å². The van der Waals surface area contributed by atoms with Gasteiger partial charge in [-0.1, -0.05) is 0 Å². The molecule has 1 unspecified atom stereocenters. The van der Waals surface area contributed by atoms with Gasteiger partial charge in [-0.25, -0.2) is 12.7 Å². The molecule has 1 aromatic heterocycles. The number of pyridine rings is 1. The minimum Gasteiger partial charge on any atom is -0.355 e. The minimum absolute atomic E-state index is 0.0389. The van der Waals surface area contributed by atoms with Crippen molar-refractivity contribution in [3.05, 3.63) is 30.1 Å². The smallest absolute Gasteiger partial charge is 0.234 e. The third-order valence-corrected chi connectivity index (χ3v) is 5.42. The van der Waals surface area contributed by atoms with Crippen molar-refractivity contribution in [3.8, 4) is 0 Å². The van der Waals surface area contributed by atoms with Gasteiger partial charge in [-0.15, -0.1) is 0 Å². The molecule has 2 rings (SSSR count). The summed E-state index contributed by atoms with van der Waals surface area (Å²) in [7, 11) is -1.25. The quantitative estimate of drug-likeness (QED) is 0.762. The fraction of sp³-hybridized carbons (Fsp3) is 0.625. The Morgan fingerprint density at radius 2 is 2.12 bits per heavy atom. The number of nitrogens with zero attached hydrogens (tertiary/aromatic N) is 3. The second-order valence-corrected chi connectivity index (χ2v) is 8.44. The zero-order valence-electron chi connectivity index (χ0n) is 14.3. The maximum atomic E-state index is 12.1. The summed E-state index contributed by atoms with van der Waals surface area (Å²) in [5.41, 5.74) is 1.11. The Kier molecular flexibility index (Phi) is 6.70. The van der Waals surface area contributed by atoms with Crippen molar-refractivity contribution in [2.75, 3.05) is 39.5 Å². The number of carbonyl (C=O) groups excluding carboxylic acids is 1. The SMILES string of the molecule is CN(CC(=O)NCC1CCCN(S(C)(=O)=O)C1)Cc1ccncc1. The lowest BCUT2D eigenvalue weighted by molar-refractivity contribution is -0.122. The van der Waals surface area contributed by atoms with Crippen molar-refractivity contribution in [2.24, 2.45) is 5.92 Å². The van der Waals surface area contributed by atoms with Gasteiger partial charge in [-0.05, 0) is 43.5 Å². The molecule has 1 aromatic rings. The van der Waals surface area contributed by atoms with E-state index in [1.165, 1.54) is 10.6 Å². The number of hydrogen-bond donors (Lipinski definition) is 1. The van der Waals surface area contributed by atoms with Crippen molar-refractivity contribution < 1.29 is 13.2 Å².